The van der Waals surface area contributed by atoms with E-state index in [0.29, 0.717) is 6.54 Å². The fourth-order valence-corrected chi connectivity index (χ4v) is 3.58. The summed E-state index contributed by atoms with van der Waals surface area (Å²) in [5.41, 5.74) is 8.54. The Labute approximate surface area is 126 Å². The molecule has 3 aromatic rings. The van der Waals surface area contributed by atoms with E-state index in [1.807, 2.05) is 25.1 Å². The molecule has 104 valence electrons. The zero-order valence-corrected chi connectivity index (χ0v) is 12.9. The molecule has 0 saturated carbocycles. The standard InChI is InChI=1S/C14H15ClN4S/c1-3-19-12-9(15)5-4-6-10(12)18-14(19)13-8(2)17-11(7-16)20-13/h4-6H,3,7,16H2,1-2H3. The van der Waals surface area contributed by atoms with E-state index < -0.39 is 0 Å². The average molecular weight is 307 g/mol. The van der Waals surface area contributed by atoms with Gasteiger partial charge < -0.3 is 10.3 Å². The van der Waals surface area contributed by atoms with E-state index in [-0.39, 0.29) is 0 Å². The van der Waals surface area contributed by atoms with Gasteiger partial charge in [-0.1, -0.05) is 17.7 Å². The monoisotopic (exact) mass is 306 g/mol. The first kappa shape index (κ1) is 13.5. The second kappa shape index (κ2) is 5.16. The molecule has 0 fully saturated rings. The van der Waals surface area contributed by atoms with Crippen LogP contribution in [0, 0.1) is 6.92 Å². The van der Waals surface area contributed by atoms with Crippen LogP contribution in [0.5, 0.6) is 0 Å². The zero-order chi connectivity index (χ0) is 14.3. The fourth-order valence-electron chi connectivity index (χ4n) is 2.37. The lowest BCUT2D eigenvalue weighted by atomic mass is 10.3. The summed E-state index contributed by atoms with van der Waals surface area (Å²) < 4.78 is 2.14. The predicted molar refractivity (Wildman–Crippen MR) is 84.2 cm³/mol. The first-order valence-electron chi connectivity index (χ1n) is 6.47. The van der Waals surface area contributed by atoms with Gasteiger partial charge in [0.25, 0.3) is 0 Å². The topological polar surface area (TPSA) is 56.7 Å². The van der Waals surface area contributed by atoms with Crippen molar-refractivity contribution in [2.45, 2.75) is 26.9 Å². The fraction of sp³-hybridized carbons (Fsp3) is 0.286. The molecule has 2 aromatic heterocycles. The van der Waals surface area contributed by atoms with Crippen molar-refractivity contribution in [3.63, 3.8) is 0 Å². The van der Waals surface area contributed by atoms with Crippen LogP contribution in [-0.2, 0) is 13.1 Å². The Balaban J connectivity index is 2.30. The highest BCUT2D eigenvalue weighted by atomic mass is 35.5. The number of hydrogen-bond acceptors (Lipinski definition) is 4. The van der Waals surface area contributed by atoms with Crippen molar-refractivity contribution < 1.29 is 0 Å². The third-order valence-corrected chi connectivity index (χ3v) is 4.73. The number of fused-ring (bicyclic) bond motifs is 1. The third-order valence-electron chi connectivity index (χ3n) is 3.25. The van der Waals surface area contributed by atoms with Gasteiger partial charge in [-0.05, 0) is 26.0 Å². The third kappa shape index (κ3) is 2.02. The van der Waals surface area contributed by atoms with E-state index in [0.717, 1.165) is 44.0 Å². The highest BCUT2D eigenvalue weighted by Crippen LogP contribution is 2.34. The van der Waals surface area contributed by atoms with Crippen LogP contribution in [0.1, 0.15) is 17.6 Å². The Morgan fingerprint density at radius 3 is 2.80 bits per heavy atom. The highest BCUT2D eigenvalue weighted by Gasteiger charge is 2.18. The van der Waals surface area contributed by atoms with Gasteiger partial charge >= 0.3 is 0 Å². The van der Waals surface area contributed by atoms with Crippen LogP contribution in [0.15, 0.2) is 18.2 Å². The van der Waals surface area contributed by atoms with E-state index in [4.69, 9.17) is 22.3 Å². The normalized spacial score (nSPS) is 11.4. The van der Waals surface area contributed by atoms with Crippen LogP contribution in [0.3, 0.4) is 0 Å². The molecule has 0 aliphatic carbocycles. The molecule has 3 rings (SSSR count). The molecule has 0 unspecified atom stereocenters. The summed E-state index contributed by atoms with van der Waals surface area (Å²) in [6, 6.07) is 5.80. The van der Waals surface area contributed by atoms with Crippen molar-refractivity contribution in [3.8, 4) is 10.7 Å². The maximum absolute atomic E-state index is 6.32. The number of rotatable bonds is 3. The number of halogens is 1. The first-order valence-corrected chi connectivity index (χ1v) is 7.66. The van der Waals surface area contributed by atoms with Gasteiger partial charge in [0.2, 0.25) is 0 Å². The maximum atomic E-state index is 6.32. The Morgan fingerprint density at radius 1 is 1.35 bits per heavy atom. The summed E-state index contributed by atoms with van der Waals surface area (Å²) in [6.07, 6.45) is 0. The number of nitrogens with zero attached hydrogens (tertiary/aromatic N) is 3. The van der Waals surface area contributed by atoms with E-state index in [1.54, 1.807) is 11.3 Å². The molecule has 0 bridgehead atoms. The van der Waals surface area contributed by atoms with Gasteiger partial charge in [-0.15, -0.1) is 11.3 Å². The smallest absolute Gasteiger partial charge is 0.153 e. The molecule has 20 heavy (non-hydrogen) atoms. The Hall–Kier alpha value is -1.43. The SMILES string of the molecule is CCn1c(-c2sc(CN)nc2C)nc2cccc(Cl)c21. The number of aromatic nitrogens is 3. The summed E-state index contributed by atoms with van der Waals surface area (Å²) >= 11 is 7.92. The van der Waals surface area contributed by atoms with Crippen molar-refractivity contribution in [2.24, 2.45) is 5.73 Å². The van der Waals surface area contributed by atoms with E-state index in [1.165, 1.54) is 0 Å². The summed E-state index contributed by atoms with van der Waals surface area (Å²) in [7, 11) is 0. The highest BCUT2D eigenvalue weighted by molar-refractivity contribution is 7.15. The van der Waals surface area contributed by atoms with Crippen molar-refractivity contribution in [2.75, 3.05) is 0 Å². The van der Waals surface area contributed by atoms with Gasteiger partial charge in [-0.2, -0.15) is 0 Å². The number of benzene rings is 1. The van der Waals surface area contributed by atoms with Crippen molar-refractivity contribution >= 4 is 34.0 Å². The summed E-state index contributed by atoms with van der Waals surface area (Å²) in [5, 5.41) is 1.66. The van der Waals surface area contributed by atoms with Crippen LogP contribution in [0.4, 0.5) is 0 Å². The predicted octanol–water partition coefficient (Wildman–Crippen LogP) is 3.60. The van der Waals surface area contributed by atoms with Crippen molar-refractivity contribution in [1.29, 1.82) is 0 Å². The minimum atomic E-state index is 0.457. The minimum absolute atomic E-state index is 0.457. The number of nitrogens with two attached hydrogens (primary N) is 1. The largest absolute Gasteiger partial charge is 0.325 e. The van der Waals surface area contributed by atoms with Crippen molar-refractivity contribution in [3.05, 3.63) is 33.9 Å². The van der Waals surface area contributed by atoms with Crippen LogP contribution >= 0.6 is 22.9 Å². The lowest BCUT2D eigenvalue weighted by molar-refractivity contribution is 0.797. The van der Waals surface area contributed by atoms with Crippen LogP contribution in [-0.4, -0.2) is 14.5 Å². The molecule has 4 nitrogen and oxygen atoms in total. The summed E-state index contributed by atoms with van der Waals surface area (Å²) in [5.74, 6) is 0.922. The second-order valence-electron chi connectivity index (χ2n) is 4.51. The van der Waals surface area contributed by atoms with E-state index in [2.05, 4.69) is 16.5 Å². The molecule has 0 amide bonds. The first-order chi connectivity index (χ1) is 9.65. The molecule has 0 aliphatic heterocycles. The minimum Gasteiger partial charge on any atom is -0.325 e. The van der Waals surface area contributed by atoms with Crippen LogP contribution < -0.4 is 5.73 Å². The van der Waals surface area contributed by atoms with Crippen LogP contribution in [0.2, 0.25) is 5.02 Å². The molecule has 0 radical (unpaired) electrons. The molecule has 6 heteroatoms. The van der Waals surface area contributed by atoms with E-state index in [9.17, 15) is 0 Å². The number of hydrogen-bond donors (Lipinski definition) is 1. The number of para-hydroxylation sites is 1. The molecule has 0 atom stereocenters. The number of thiazole rings is 1. The van der Waals surface area contributed by atoms with Gasteiger partial charge in [-0.25, -0.2) is 9.97 Å². The average Bonchev–Trinajstić information content (AvgIpc) is 2.99. The number of aryl methyl sites for hydroxylation is 2. The van der Waals surface area contributed by atoms with Gasteiger partial charge in [0, 0.05) is 13.1 Å². The molecule has 0 aliphatic rings. The Bertz CT molecular complexity index is 775. The van der Waals surface area contributed by atoms with Gasteiger partial charge in [-0.3, -0.25) is 0 Å². The Morgan fingerprint density at radius 2 is 2.15 bits per heavy atom. The number of imidazole rings is 1. The van der Waals surface area contributed by atoms with Crippen LogP contribution in [0.25, 0.3) is 21.7 Å². The maximum Gasteiger partial charge on any atom is 0.153 e. The molecule has 0 spiro atoms. The van der Waals surface area contributed by atoms with Crippen molar-refractivity contribution in [1.82, 2.24) is 14.5 Å². The lowest BCUT2D eigenvalue weighted by Gasteiger charge is -2.05. The molecule has 0 saturated heterocycles. The molecule has 2 N–H and O–H groups in total. The zero-order valence-electron chi connectivity index (χ0n) is 11.4. The Kier molecular flexibility index (Phi) is 3.50. The second-order valence-corrected chi connectivity index (χ2v) is 6.00. The quantitative estimate of drug-likeness (QED) is 0.804. The van der Waals surface area contributed by atoms with Gasteiger partial charge in [0.1, 0.15) is 5.01 Å². The molecule has 2 heterocycles. The summed E-state index contributed by atoms with van der Waals surface area (Å²) in [4.78, 5) is 10.3. The van der Waals surface area contributed by atoms with E-state index >= 15 is 0 Å². The molecular formula is C14H15ClN4S. The lowest BCUT2D eigenvalue weighted by Crippen LogP contribution is -1.97. The van der Waals surface area contributed by atoms with Gasteiger partial charge in [0.05, 0.1) is 26.6 Å². The van der Waals surface area contributed by atoms with Gasteiger partial charge in [0.15, 0.2) is 5.82 Å². The molecule has 1 aromatic carbocycles. The summed E-state index contributed by atoms with van der Waals surface area (Å²) in [6.45, 7) is 5.35. The molecular weight excluding hydrogens is 292 g/mol.